The van der Waals surface area contributed by atoms with Crippen LogP contribution in [-0.4, -0.2) is 46.9 Å². The zero-order valence-electron chi connectivity index (χ0n) is 16.4. The minimum Gasteiger partial charge on any atom is -0.508 e. The van der Waals surface area contributed by atoms with Gasteiger partial charge in [0.1, 0.15) is 17.3 Å². The SMILES string of the molecule is O=C(COc1ccc(Cl)c(F)c1)NC1CCN(c2nnc(-c3ccc(O)cc3)o2)CC1. The van der Waals surface area contributed by atoms with Gasteiger partial charge in [-0.3, -0.25) is 4.79 Å². The van der Waals surface area contributed by atoms with Gasteiger partial charge >= 0.3 is 6.01 Å². The molecule has 10 heteroatoms. The number of nitrogens with one attached hydrogen (secondary N) is 1. The van der Waals surface area contributed by atoms with Gasteiger partial charge in [0.15, 0.2) is 6.61 Å². The summed E-state index contributed by atoms with van der Waals surface area (Å²) >= 11 is 5.63. The lowest BCUT2D eigenvalue weighted by molar-refractivity contribution is -0.123. The first-order valence-corrected chi connectivity index (χ1v) is 10.1. The first-order valence-electron chi connectivity index (χ1n) is 9.73. The molecule has 31 heavy (non-hydrogen) atoms. The van der Waals surface area contributed by atoms with Crippen LogP contribution in [0.4, 0.5) is 10.4 Å². The van der Waals surface area contributed by atoms with Crippen molar-refractivity contribution in [1.29, 1.82) is 0 Å². The molecule has 1 amide bonds. The third-order valence-electron chi connectivity index (χ3n) is 4.92. The quantitative estimate of drug-likeness (QED) is 0.598. The lowest BCUT2D eigenvalue weighted by Gasteiger charge is -2.31. The van der Waals surface area contributed by atoms with Gasteiger partial charge < -0.3 is 24.5 Å². The number of carbonyl (C=O) groups excluding carboxylic acids is 1. The van der Waals surface area contributed by atoms with Crippen LogP contribution >= 0.6 is 11.6 Å². The predicted octanol–water partition coefficient (Wildman–Crippen LogP) is 3.40. The average molecular weight is 447 g/mol. The number of carbonyl (C=O) groups is 1. The van der Waals surface area contributed by atoms with Crippen LogP contribution in [-0.2, 0) is 4.79 Å². The number of ether oxygens (including phenoxy) is 1. The van der Waals surface area contributed by atoms with Crippen molar-refractivity contribution in [3.63, 3.8) is 0 Å². The molecule has 0 unspecified atom stereocenters. The van der Waals surface area contributed by atoms with Crippen molar-refractivity contribution in [1.82, 2.24) is 15.5 Å². The Kier molecular flexibility index (Phi) is 6.22. The molecule has 1 fully saturated rings. The third kappa shape index (κ3) is 5.24. The smallest absolute Gasteiger partial charge is 0.318 e. The summed E-state index contributed by atoms with van der Waals surface area (Å²) < 4.78 is 24.5. The van der Waals surface area contributed by atoms with Crippen LogP contribution in [0.1, 0.15) is 12.8 Å². The Morgan fingerprint density at radius 1 is 1.23 bits per heavy atom. The van der Waals surface area contributed by atoms with E-state index in [-0.39, 0.29) is 35.1 Å². The topological polar surface area (TPSA) is 101 Å². The van der Waals surface area contributed by atoms with E-state index in [0.717, 1.165) is 11.6 Å². The van der Waals surface area contributed by atoms with E-state index in [4.69, 9.17) is 20.8 Å². The second-order valence-corrected chi connectivity index (χ2v) is 7.54. The Morgan fingerprint density at radius 3 is 2.68 bits per heavy atom. The number of rotatable bonds is 6. The molecular weight excluding hydrogens is 427 g/mol. The maximum atomic E-state index is 13.4. The number of anilines is 1. The van der Waals surface area contributed by atoms with E-state index in [2.05, 4.69) is 15.5 Å². The third-order valence-corrected chi connectivity index (χ3v) is 5.23. The highest BCUT2D eigenvalue weighted by atomic mass is 35.5. The zero-order chi connectivity index (χ0) is 21.8. The summed E-state index contributed by atoms with van der Waals surface area (Å²) in [5.41, 5.74) is 0.722. The fourth-order valence-corrected chi connectivity index (χ4v) is 3.38. The molecule has 162 valence electrons. The Labute approximate surface area is 182 Å². The van der Waals surface area contributed by atoms with Gasteiger partial charge in [-0.15, -0.1) is 5.10 Å². The molecule has 0 aliphatic carbocycles. The van der Waals surface area contributed by atoms with Crippen molar-refractivity contribution in [3.8, 4) is 23.0 Å². The number of aromatic hydroxyl groups is 1. The molecule has 2 heterocycles. The molecule has 0 spiro atoms. The fraction of sp³-hybridized carbons (Fsp3) is 0.286. The Morgan fingerprint density at radius 2 is 1.97 bits per heavy atom. The van der Waals surface area contributed by atoms with Crippen molar-refractivity contribution in [3.05, 3.63) is 53.3 Å². The van der Waals surface area contributed by atoms with Crippen molar-refractivity contribution < 1.29 is 23.4 Å². The average Bonchev–Trinajstić information content (AvgIpc) is 3.26. The summed E-state index contributed by atoms with van der Waals surface area (Å²) in [4.78, 5) is 14.1. The van der Waals surface area contributed by atoms with Gasteiger partial charge in [-0.2, -0.15) is 0 Å². The van der Waals surface area contributed by atoms with Crippen LogP contribution < -0.4 is 15.0 Å². The molecule has 0 saturated carbocycles. The number of amides is 1. The molecule has 0 radical (unpaired) electrons. The van der Waals surface area contributed by atoms with Crippen molar-refractivity contribution in [2.45, 2.75) is 18.9 Å². The largest absolute Gasteiger partial charge is 0.508 e. The molecule has 2 N–H and O–H groups in total. The van der Waals surface area contributed by atoms with E-state index < -0.39 is 5.82 Å². The number of halogens is 2. The lowest BCUT2D eigenvalue weighted by atomic mass is 10.1. The highest BCUT2D eigenvalue weighted by Crippen LogP contribution is 2.25. The van der Waals surface area contributed by atoms with Gasteiger partial charge in [0.25, 0.3) is 5.91 Å². The summed E-state index contributed by atoms with van der Waals surface area (Å²) in [6.07, 6.45) is 1.41. The van der Waals surface area contributed by atoms with Gasteiger partial charge in [0.2, 0.25) is 5.89 Å². The van der Waals surface area contributed by atoms with E-state index in [1.165, 1.54) is 12.1 Å². The molecule has 1 aliphatic rings. The molecule has 2 aromatic carbocycles. The zero-order valence-corrected chi connectivity index (χ0v) is 17.2. The normalized spacial score (nSPS) is 14.5. The van der Waals surface area contributed by atoms with Gasteiger partial charge in [-0.25, -0.2) is 4.39 Å². The Bertz CT molecular complexity index is 1050. The minimum atomic E-state index is -0.596. The van der Waals surface area contributed by atoms with Crippen molar-refractivity contribution in [2.24, 2.45) is 0 Å². The number of phenols is 1. The highest BCUT2D eigenvalue weighted by molar-refractivity contribution is 6.30. The number of hydrogen-bond donors (Lipinski definition) is 2. The van der Waals surface area contributed by atoms with Crippen LogP contribution in [0.5, 0.6) is 11.5 Å². The fourth-order valence-electron chi connectivity index (χ4n) is 3.26. The van der Waals surface area contributed by atoms with E-state index in [1.54, 1.807) is 24.3 Å². The summed E-state index contributed by atoms with van der Waals surface area (Å²) in [6, 6.07) is 11.0. The number of nitrogens with zero attached hydrogens (tertiary/aromatic N) is 3. The number of phenolic OH excluding ortho intramolecular Hbond substituents is 1. The second kappa shape index (κ2) is 9.22. The van der Waals surface area contributed by atoms with Gasteiger partial charge in [-0.05, 0) is 49.2 Å². The molecule has 8 nitrogen and oxygen atoms in total. The molecule has 4 rings (SSSR count). The van der Waals surface area contributed by atoms with E-state index >= 15 is 0 Å². The first kappa shape index (κ1) is 20.9. The molecule has 3 aromatic rings. The summed E-state index contributed by atoms with van der Waals surface area (Å²) in [7, 11) is 0. The number of hydrogen-bond acceptors (Lipinski definition) is 7. The number of aromatic nitrogens is 2. The van der Waals surface area contributed by atoms with Crippen LogP contribution in [0.25, 0.3) is 11.5 Å². The lowest BCUT2D eigenvalue weighted by Crippen LogP contribution is -2.46. The van der Waals surface area contributed by atoms with Crippen molar-refractivity contribution in [2.75, 3.05) is 24.6 Å². The predicted molar refractivity (Wildman–Crippen MR) is 112 cm³/mol. The van der Waals surface area contributed by atoms with Crippen LogP contribution in [0.2, 0.25) is 5.02 Å². The standard InChI is InChI=1S/C21H20ClFN4O4/c22-17-6-5-16(11-18(17)23)30-12-19(29)24-14-7-9-27(10-8-14)21-26-25-20(31-21)13-1-3-15(28)4-2-13/h1-6,11,14,28H,7-10,12H2,(H,24,29). The first-order chi connectivity index (χ1) is 15.0. The van der Waals surface area contributed by atoms with E-state index in [9.17, 15) is 14.3 Å². The summed E-state index contributed by atoms with van der Waals surface area (Å²) in [6.45, 7) is 1.08. The van der Waals surface area contributed by atoms with Crippen LogP contribution in [0.15, 0.2) is 46.9 Å². The monoisotopic (exact) mass is 446 g/mol. The van der Waals surface area contributed by atoms with Crippen LogP contribution in [0.3, 0.4) is 0 Å². The maximum absolute atomic E-state index is 13.4. The van der Waals surface area contributed by atoms with Crippen LogP contribution in [0, 0.1) is 5.82 Å². The van der Waals surface area contributed by atoms with E-state index in [0.29, 0.717) is 37.8 Å². The van der Waals surface area contributed by atoms with Gasteiger partial charge in [-0.1, -0.05) is 16.7 Å². The second-order valence-electron chi connectivity index (χ2n) is 7.13. The van der Waals surface area contributed by atoms with E-state index in [1.807, 2.05) is 4.90 Å². The van der Waals surface area contributed by atoms with Gasteiger partial charge in [0.05, 0.1) is 5.02 Å². The highest BCUT2D eigenvalue weighted by Gasteiger charge is 2.24. The summed E-state index contributed by atoms with van der Waals surface area (Å²) in [5, 5.41) is 20.5. The molecule has 1 aliphatic heterocycles. The maximum Gasteiger partial charge on any atom is 0.318 e. The summed E-state index contributed by atoms with van der Waals surface area (Å²) in [5.74, 6) is -0.0880. The Balaban J connectivity index is 1.24. The molecule has 1 saturated heterocycles. The number of benzene rings is 2. The van der Waals surface area contributed by atoms with Gasteiger partial charge in [0, 0.05) is 30.8 Å². The minimum absolute atomic E-state index is 0.00000500. The Hall–Kier alpha value is -3.33. The molecule has 0 atom stereocenters. The van der Waals surface area contributed by atoms with Crippen molar-refractivity contribution >= 4 is 23.5 Å². The molecule has 0 bridgehead atoms. The molecular formula is C21H20ClFN4O4. The molecule has 1 aromatic heterocycles. The number of piperidine rings is 1.